The lowest BCUT2D eigenvalue weighted by molar-refractivity contribution is 0.234. The summed E-state index contributed by atoms with van der Waals surface area (Å²) in [7, 11) is -3.42. The van der Waals surface area contributed by atoms with Gasteiger partial charge < -0.3 is 5.32 Å². The molecule has 1 aliphatic rings. The van der Waals surface area contributed by atoms with Crippen molar-refractivity contribution in [1.82, 2.24) is 20.5 Å². The van der Waals surface area contributed by atoms with Gasteiger partial charge in [0.1, 0.15) is 5.82 Å². The van der Waals surface area contributed by atoms with E-state index in [1.54, 1.807) is 0 Å². The number of hydrogen-bond acceptors (Lipinski definition) is 8. The van der Waals surface area contributed by atoms with E-state index in [1.807, 2.05) is 5.48 Å². The summed E-state index contributed by atoms with van der Waals surface area (Å²) in [5.74, 6) is -0.641. The lowest BCUT2D eigenvalue weighted by Gasteiger charge is -2.26. The zero-order valence-electron chi connectivity index (χ0n) is 14.5. The van der Waals surface area contributed by atoms with Crippen LogP contribution in [0.4, 0.5) is 15.9 Å². The molecule has 4 N–H and O–H groups in total. The first kappa shape index (κ1) is 20.6. The maximum atomic E-state index is 13.3. The predicted octanol–water partition coefficient (Wildman–Crippen LogP) is 1.91. The average molecular weight is 477 g/mol. The molecular formula is C15H18BrFN6O4S. The average Bonchev–Trinajstić information content (AvgIpc) is 3.07. The van der Waals surface area contributed by atoms with E-state index in [0.29, 0.717) is 5.69 Å². The Morgan fingerprint density at radius 2 is 2.18 bits per heavy atom. The summed E-state index contributed by atoms with van der Waals surface area (Å²) in [6.07, 6.45) is 2.73. The largest absolute Gasteiger partial charge is 0.364 e. The molecule has 1 aliphatic carbocycles. The van der Waals surface area contributed by atoms with Crippen LogP contribution in [0.1, 0.15) is 25.0 Å². The maximum absolute atomic E-state index is 13.3. The summed E-state index contributed by atoms with van der Waals surface area (Å²) in [6.45, 7) is 0.0457. The van der Waals surface area contributed by atoms with Crippen molar-refractivity contribution in [3.8, 4) is 0 Å². The Labute approximate surface area is 168 Å². The highest BCUT2D eigenvalue weighted by Gasteiger charge is 2.23. The first-order valence-corrected chi connectivity index (χ1v) is 10.8. The van der Waals surface area contributed by atoms with Gasteiger partial charge in [0.2, 0.25) is 15.8 Å². The highest BCUT2D eigenvalue weighted by Crippen LogP contribution is 2.23. The highest BCUT2D eigenvalue weighted by atomic mass is 79.9. The van der Waals surface area contributed by atoms with Crippen LogP contribution in [0.3, 0.4) is 0 Å². The maximum Gasteiger partial charge on any atom is 0.213 e. The van der Waals surface area contributed by atoms with E-state index in [4.69, 9.17) is 0 Å². The molecule has 152 valence electrons. The van der Waals surface area contributed by atoms with Crippen LogP contribution in [0.15, 0.2) is 32.3 Å². The summed E-state index contributed by atoms with van der Waals surface area (Å²) < 4.78 is 44.8. The minimum atomic E-state index is -3.42. The van der Waals surface area contributed by atoms with Gasteiger partial charge in [0.15, 0.2) is 11.5 Å². The number of aromatic nitrogens is 2. The molecule has 0 saturated heterocycles. The normalized spacial score (nSPS) is 15.3. The molecule has 1 aromatic carbocycles. The Hall–Kier alpha value is -2.09. The van der Waals surface area contributed by atoms with Crippen LogP contribution in [0.2, 0.25) is 0 Å². The SMILES string of the molecule is O=S(=O)(CCNc1nonc1C(=Nc1ccc(F)c(Br)c1)NO)NC1CCC1. The fraction of sp³-hybridized carbons (Fsp3) is 0.400. The van der Waals surface area contributed by atoms with Gasteiger partial charge in [-0.25, -0.2) is 27.2 Å². The molecule has 2 aromatic rings. The van der Waals surface area contributed by atoms with Gasteiger partial charge in [-0.05, 0) is 57.3 Å². The van der Waals surface area contributed by atoms with Crippen molar-refractivity contribution in [3.05, 3.63) is 34.2 Å². The second kappa shape index (κ2) is 8.94. The zero-order valence-corrected chi connectivity index (χ0v) is 16.9. The number of aliphatic imine (C=N–C) groups is 1. The van der Waals surface area contributed by atoms with Gasteiger partial charge in [-0.2, -0.15) is 0 Å². The second-order valence-corrected chi connectivity index (χ2v) is 8.85. The van der Waals surface area contributed by atoms with Gasteiger partial charge in [-0.15, -0.1) is 0 Å². The summed E-state index contributed by atoms with van der Waals surface area (Å²) in [5.41, 5.74) is 2.24. The van der Waals surface area contributed by atoms with Crippen LogP contribution >= 0.6 is 15.9 Å². The minimum Gasteiger partial charge on any atom is -0.364 e. The number of nitrogens with zero attached hydrogens (tertiary/aromatic N) is 3. The van der Waals surface area contributed by atoms with Gasteiger partial charge >= 0.3 is 0 Å². The standard InChI is InChI=1S/C15H18BrFN6O4S/c16-11-8-10(4-5-12(11)17)19-15(20-24)13-14(22-27-21-13)18-6-7-28(25,26)23-9-2-1-3-9/h4-5,8-9,23-24H,1-3,6-7H2,(H,18,22)(H,19,20). The van der Waals surface area contributed by atoms with Crippen molar-refractivity contribution < 1.29 is 22.6 Å². The lowest BCUT2D eigenvalue weighted by Crippen LogP contribution is -2.41. The van der Waals surface area contributed by atoms with Gasteiger partial charge in [-0.1, -0.05) is 6.42 Å². The molecule has 0 aliphatic heterocycles. The van der Waals surface area contributed by atoms with Gasteiger partial charge in [0.25, 0.3) is 0 Å². The van der Waals surface area contributed by atoms with Crippen molar-refractivity contribution in [2.45, 2.75) is 25.3 Å². The number of hydrogen-bond donors (Lipinski definition) is 4. The molecule has 1 heterocycles. The van der Waals surface area contributed by atoms with Gasteiger partial charge in [0.05, 0.1) is 15.9 Å². The van der Waals surface area contributed by atoms with Crippen molar-refractivity contribution in [2.75, 3.05) is 17.6 Å². The molecule has 0 atom stereocenters. The number of halogens is 2. The molecule has 1 aromatic heterocycles. The Morgan fingerprint density at radius 3 is 2.82 bits per heavy atom. The third kappa shape index (κ3) is 5.25. The van der Waals surface area contributed by atoms with Crippen molar-refractivity contribution >= 4 is 43.3 Å². The fourth-order valence-electron chi connectivity index (χ4n) is 2.42. The molecule has 0 bridgehead atoms. The van der Waals surface area contributed by atoms with Gasteiger partial charge in [-0.3, -0.25) is 10.7 Å². The number of anilines is 1. The number of sulfonamides is 1. The van der Waals surface area contributed by atoms with Gasteiger partial charge in [0, 0.05) is 12.6 Å². The third-order valence-corrected chi connectivity index (χ3v) is 6.12. The third-order valence-electron chi connectivity index (χ3n) is 4.08. The molecule has 0 unspecified atom stereocenters. The molecule has 0 radical (unpaired) electrons. The summed E-state index contributed by atoms with van der Waals surface area (Å²) >= 11 is 3.05. The van der Waals surface area contributed by atoms with Crippen molar-refractivity contribution in [2.24, 2.45) is 4.99 Å². The molecule has 10 nitrogen and oxygen atoms in total. The monoisotopic (exact) mass is 476 g/mol. The Balaban J connectivity index is 1.67. The Bertz CT molecular complexity index is 963. The van der Waals surface area contributed by atoms with E-state index >= 15 is 0 Å². The van der Waals surface area contributed by atoms with E-state index in [2.05, 4.69) is 45.9 Å². The number of benzene rings is 1. The number of amidine groups is 1. The topological polar surface area (TPSA) is 142 Å². The van der Waals surface area contributed by atoms with Crippen LogP contribution in [0.5, 0.6) is 0 Å². The quantitative estimate of drug-likeness (QED) is 0.257. The molecule has 28 heavy (non-hydrogen) atoms. The summed E-state index contributed by atoms with van der Waals surface area (Å²) in [5, 5.41) is 19.5. The van der Waals surface area contributed by atoms with Crippen LogP contribution in [-0.2, 0) is 10.0 Å². The van der Waals surface area contributed by atoms with E-state index in [-0.39, 0.29) is 40.2 Å². The predicted molar refractivity (Wildman–Crippen MR) is 103 cm³/mol. The Kier molecular flexibility index (Phi) is 6.59. The van der Waals surface area contributed by atoms with E-state index < -0.39 is 15.8 Å². The van der Waals surface area contributed by atoms with Crippen LogP contribution in [-0.4, -0.2) is 48.1 Å². The zero-order chi connectivity index (χ0) is 20.1. The molecule has 0 amide bonds. The van der Waals surface area contributed by atoms with E-state index in [1.165, 1.54) is 18.2 Å². The number of nitrogens with one attached hydrogen (secondary N) is 3. The van der Waals surface area contributed by atoms with E-state index in [0.717, 1.165) is 19.3 Å². The molecule has 1 saturated carbocycles. The first-order valence-electron chi connectivity index (χ1n) is 8.38. The highest BCUT2D eigenvalue weighted by molar-refractivity contribution is 9.10. The fourth-order valence-corrected chi connectivity index (χ4v) is 4.02. The van der Waals surface area contributed by atoms with Crippen LogP contribution in [0, 0.1) is 5.82 Å². The smallest absolute Gasteiger partial charge is 0.213 e. The van der Waals surface area contributed by atoms with Crippen molar-refractivity contribution in [1.29, 1.82) is 0 Å². The number of rotatable bonds is 8. The van der Waals surface area contributed by atoms with Crippen LogP contribution in [0.25, 0.3) is 0 Å². The molecule has 13 heteroatoms. The molecule has 0 spiro atoms. The lowest BCUT2D eigenvalue weighted by atomic mass is 9.94. The molecule has 1 fully saturated rings. The summed E-state index contributed by atoms with van der Waals surface area (Å²) in [6, 6.07) is 4.03. The second-order valence-electron chi connectivity index (χ2n) is 6.12. The number of hydroxylamine groups is 1. The minimum absolute atomic E-state index is 0.0154. The first-order chi connectivity index (χ1) is 13.4. The van der Waals surface area contributed by atoms with E-state index in [9.17, 15) is 18.0 Å². The molecular weight excluding hydrogens is 459 g/mol. The van der Waals surface area contributed by atoms with Crippen LogP contribution < -0.4 is 15.5 Å². The Morgan fingerprint density at radius 1 is 1.39 bits per heavy atom. The van der Waals surface area contributed by atoms with Crippen molar-refractivity contribution in [3.63, 3.8) is 0 Å². The summed E-state index contributed by atoms with van der Waals surface area (Å²) in [4.78, 5) is 4.12. The molecule has 3 rings (SSSR count).